The van der Waals surface area contributed by atoms with Crippen molar-refractivity contribution in [1.29, 1.82) is 0 Å². The third-order valence-electron chi connectivity index (χ3n) is 3.50. The second-order valence-corrected chi connectivity index (χ2v) is 4.76. The summed E-state index contributed by atoms with van der Waals surface area (Å²) in [5.74, 6) is 5.78. The Balaban J connectivity index is 2.20. The first-order valence-electron chi connectivity index (χ1n) is 6.51. The number of benzene rings is 1. The molecule has 4 heteroatoms. The summed E-state index contributed by atoms with van der Waals surface area (Å²) in [4.78, 5) is 8.78. The van der Waals surface area contributed by atoms with Crippen LogP contribution in [0.5, 0.6) is 0 Å². The molecule has 2 aromatic heterocycles. The van der Waals surface area contributed by atoms with E-state index in [9.17, 15) is 0 Å². The number of fused-ring (bicyclic) bond motifs is 1. The van der Waals surface area contributed by atoms with Gasteiger partial charge in [-0.2, -0.15) is 0 Å². The van der Waals surface area contributed by atoms with Crippen LogP contribution >= 0.6 is 0 Å². The van der Waals surface area contributed by atoms with E-state index < -0.39 is 0 Å². The van der Waals surface area contributed by atoms with Gasteiger partial charge in [0.15, 0.2) is 0 Å². The van der Waals surface area contributed by atoms with Crippen LogP contribution in [0.15, 0.2) is 55.0 Å². The first kappa shape index (κ1) is 12.7. The summed E-state index contributed by atoms with van der Waals surface area (Å²) in [7, 11) is 0. The van der Waals surface area contributed by atoms with Crippen LogP contribution in [0.1, 0.15) is 22.9 Å². The minimum Gasteiger partial charge on any atom is -0.271 e. The Kier molecular flexibility index (Phi) is 3.41. The Morgan fingerprint density at radius 2 is 1.95 bits per heavy atom. The lowest BCUT2D eigenvalue weighted by Crippen LogP contribution is -2.30. The molecule has 0 aliphatic carbocycles. The fourth-order valence-corrected chi connectivity index (χ4v) is 2.49. The largest absolute Gasteiger partial charge is 0.271 e. The maximum Gasteiger partial charge on any atom is 0.0904 e. The SMILES string of the molecule is Cc1cccnc1C(NN)c1cncc2ccccc12. The second kappa shape index (κ2) is 5.36. The number of aromatic nitrogens is 2. The highest BCUT2D eigenvalue weighted by molar-refractivity contribution is 5.85. The van der Waals surface area contributed by atoms with Gasteiger partial charge in [0.2, 0.25) is 0 Å². The standard InChI is InChI=1S/C16H16N4/c1-11-5-4-8-19-15(11)16(20-17)14-10-18-9-12-6-2-3-7-13(12)14/h2-10,16,20H,17H2,1H3. The molecule has 100 valence electrons. The lowest BCUT2D eigenvalue weighted by atomic mass is 9.97. The summed E-state index contributed by atoms with van der Waals surface area (Å²) >= 11 is 0. The van der Waals surface area contributed by atoms with Crippen molar-refractivity contribution in [3.8, 4) is 0 Å². The highest BCUT2D eigenvalue weighted by Gasteiger charge is 2.18. The number of nitrogens with one attached hydrogen (secondary N) is 1. The fourth-order valence-electron chi connectivity index (χ4n) is 2.49. The Morgan fingerprint density at radius 1 is 1.10 bits per heavy atom. The minimum absolute atomic E-state index is 0.171. The molecule has 0 aliphatic rings. The molecular formula is C16H16N4. The molecule has 0 fully saturated rings. The lowest BCUT2D eigenvalue weighted by molar-refractivity contribution is 0.619. The zero-order valence-corrected chi connectivity index (χ0v) is 11.2. The van der Waals surface area contributed by atoms with E-state index in [-0.39, 0.29) is 6.04 Å². The topological polar surface area (TPSA) is 63.8 Å². The Hall–Kier alpha value is -2.30. The van der Waals surface area contributed by atoms with Crippen molar-refractivity contribution >= 4 is 10.8 Å². The maximum atomic E-state index is 5.78. The van der Waals surface area contributed by atoms with Crippen LogP contribution in [0.2, 0.25) is 0 Å². The van der Waals surface area contributed by atoms with Gasteiger partial charge >= 0.3 is 0 Å². The van der Waals surface area contributed by atoms with E-state index in [0.29, 0.717) is 0 Å². The van der Waals surface area contributed by atoms with Gasteiger partial charge in [0.25, 0.3) is 0 Å². The van der Waals surface area contributed by atoms with Crippen LogP contribution in [0, 0.1) is 6.92 Å². The molecule has 3 aromatic rings. The quantitative estimate of drug-likeness (QED) is 0.563. The van der Waals surface area contributed by atoms with Gasteiger partial charge in [-0.15, -0.1) is 0 Å². The lowest BCUT2D eigenvalue weighted by Gasteiger charge is -2.19. The van der Waals surface area contributed by atoms with Crippen molar-refractivity contribution in [2.24, 2.45) is 5.84 Å². The first-order valence-corrected chi connectivity index (χ1v) is 6.51. The van der Waals surface area contributed by atoms with Crippen molar-refractivity contribution in [2.45, 2.75) is 13.0 Å². The molecule has 0 amide bonds. The van der Waals surface area contributed by atoms with Crippen molar-refractivity contribution in [3.05, 3.63) is 71.8 Å². The summed E-state index contributed by atoms with van der Waals surface area (Å²) < 4.78 is 0. The van der Waals surface area contributed by atoms with Crippen LogP contribution in [-0.4, -0.2) is 9.97 Å². The highest BCUT2D eigenvalue weighted by atomic mass is 15.2. The van der Waals surface area contributed by atoms with E-state index in [0.717, 1.165) is 27.6 Å². The Morgan fingerprint density at radius 3 is 2.75 bits per heavy atom. The fraction of sp³-hybridized carbons (Fsp3) is 0.125. The van der Waals surface area contributed by atoms with Crippen molar-refractivity contribution < 1.29 is 0 Å². The van der Waals surface area contributed by atoms with Gasteiger partial charge < -0.3 is 0 Å². The van der Waals surface area contributed by atoms with Gasteiger partial charge in [0, 0.05) is 29.5 Å². The van der Waals surface area contributed by atoms with E-state index >= 15 is 0 Å². The van der Waals surface area contributed by atoms with Crippen LogP contribution in [0.25, 0.3) is 10.8 Å². The summed E-state index contributed by atoms with van der Waals surface area (Å²) in [6.45, 7) is 2.03. The summed E-state index contributed by atoms with van der Waals surface area (Å²) in [6.07, 6.45) is 5.49. The van der Waals surface area contributed by atoms with Crippen LogP contribution in [-0.2, 0) is 0 Å². The highest BCUT2D eigenvalue weighted by Crippen LogP contribution is 2.27. The molecule has 0 saturated heterocycles. The number of rotatable bonds is 3. The summed E-state index contributed by atoms with van der Waals surface area (Å²) in [6, 6.07) is 11.9. The van der Waals surface area contributed by atoms with Gasteiger partial charge in [-0.1, -0.05) is 30.3 Å². The van der Waals surface area contributed by atoms with Gasteiger partial charge in [-0.25, -0.2) is 5.43 Å². The van der Waals surface area contributed by atoms with Crippen LogP contribution in [0.3, 0.4) is 0 Å². The van der Waals surface area contributed by atoms with Gasteiger partial charge in [-0.3, -0.25) is 15.8 Å². The maximum absolute atomic E-state index is 5.78. The zero-order chi connectivity index (χ0) is 13.9. The number of hydrogen-bond donors (Lipinski definition) is 2. The number of pyridine rings is 2. The number of hydrogen-bond acceptors (Lipinski definition) is 4. The zero-order valence-electron chi connectivity index (χ0n) is 11.2. The molecule has 20 heavy (non-hydrogen) atoms. The van der Waals surface area contributed by atoms with E-state index in [2.05, 4.69) is 21.5 Å². The van der Waals surface area contributed by atoms with Gasteiger partial charge in [0.1, 0.15) is 0 Å². The van der Waals surface area contributed by atoms with E-state index in [1.54, 1.807) is 6.20 Å². The Labute approximate surface area is 117 Å². The molecule has 0 spiro atoms. The smallest absolute Gasteiger partial charge is 0.0904 e. The summed E-state index contributed by atoms with van der Waals surface area (Å²) in [5, 5.41) is 2.23. The monoisotopic (exact) mass is 264 g/mol. The minimum atomic E-state index is -0.171. The average molecular weight is 264 g/mol. The van der Waals surface area contributed by atoms with E-state index in [1.807, 2.05) is 49.6 Å². The molecule has 1 aromatic carbocycles. The molecular weight excluding hydrogens is 248 g/mol. The van der Waals surface area contributed by atoms with E-state index in [1.165, 1.54) is 0 Å². The molecule has 0 radical (unpaired) electrons. The third kappa shape index (κ3) is 2.15. The number of aryl methyl sites for hydroxylation is 1. The number of nitrogens with zero attached hydrogens (tertiary/aromatic N) is 2. The van der Waals surface area contributed by atoms with Crippen LogP contribution in [0.4, 0.5) is 0 Å². The van der Waals surface area contributed by atoms with Gasteiger partial charge in [-0.05, 0) is 23.9 Å². The number of nitrogens with two attached hydrogens (primary N) is 1. The second-order valence-electron chi connectivity index (χ2n) is 4.76. The normalized spacial score (nSPS) is 12.5. The number of hydrazine groups is 1. The molecule has 1 unspecified atom stereocenters. The average Bonchev–Trinajstić information content (AvgIpc) is 2.50. The third-order valence-corrected chi connectivity index (χ3v) is 3.50. The molecule has 0 saturated carbocycles. The molecule has 1 atom stereocenters. The predicted octanol–water partition coefficient (Wildman–Crippen LogP) is 2.49. The van der Waals surface area contributed by atoms with Crippen molar-refractivity contribution in [3.63, 3.8) is 0 Å². The van der Waals surface area contributed by atoms with Crippen molar-refractivity contribution in [1.82, 2.24) is 15.4 Å². The van der Waals surface area contributed by atoms with Crippen LogP contribution < -0.4 is 11.3 Å². The molecule has 0 aliphatic heterocycles. The molecule has 3 N–H and O–H groups in total. The predicted molar refractivity (Wildman–Crippen MR) is 79.9 cm³/mol. The molecule has 4 nitrogen and oxygen atoms in total. The summed E-state index contributed by atoms with van der Waals surface area (Å²) in [5.41, 5.74) is 5.92. The van der Waals surface area contributed by atoms with Crippen molar-refractivity contribution in [2.75, 3.05) is 0 Å². The van der Waals surface area contributed by atoms with Gasteiger partial charge in [0.05, 0.1) is 11.7 Å². The first-order chi connectivity index (χ1) is 9.81. The molecule has 3 rings (SSSR count). The molecule has 2 heterocycles. The van der Waals surface area contributed by atoms with E-state index in [4.69, 9.17) is 5.84 Å². The molecule has 0 bridgehead atoms. The Bertz CT molecular complexity index is 734.